The molecular formula is C29H33FN4O3S. The number of piperidine rings is 1. The minimum Gasteiger partial charge on any atom is -0.356 e. The second kappa shape index (κ2) is 9.47. The fraction of sp³-hybridized carbons (Fsp3) is 0.379. The third kappa shape index (κ3) is 4.47. The lowest BCUT2D eigenvalue weighted by Gasteiger charge is -2.44. The Morgan fingerprint density at radius 1 is 1.11 bits per heavy atom. The zero-order valence-corrected chi connectivity index (χ0v) is 23.0. The van der Waals surface area contributed by atoms with E-state index in [1.165, 1.54) is 16.4 Å². The molecule has 2 aromatic carbocycles. The van der Waals surface area contributed by atoms with Crippen molar-refractivity contribution in [2.45, 2.75) is 50.8 Å². The van der Waals surface area contributed by atoms with Crippen LogP contribution in [0.5, 0.6) is 0 Å². The van der Waals surface area contributed by atoms with Crippen molar-refractivity contribution in [3.8, 4) is 5.69 Å². The fourth-order valence-electron chi connectivity index (χ4n) is 5.41. The number of carbonyl (C=O) groups is 1. The Bertz CT molecular complexity index is 1500. The van der Waals surface area contributed by atoms with E-state index in [0.717, 1.165) is 22.4 Å². The van der Waals surface area contributed by atoms with Gasteiger partial charge in [0.2, 0.25) is 15.9 Å². The molecule has 0 spiro atoms. The van der Waals surface area contributed by atoms with E-state index in [1.807, 2.05) is 25.1 Å². The predicted molar refractivity (Wildman–Crippen MR) is 145 cm³/mol. The van der Waals surface area contributed by atoms with Gasteiger partial charge in [-0.3, -0.25) is 4.79 Å². The molecule has 5 rings (SSSR count). The molecule has 7 nitrogen and oxygen atoms in total. The van der Waals surface area contributed by atoms with Crippen molar-refractivity contribution in [3.05, 3.63) is 82.9 Å². The highest BCUT2D eigenvalue weighted by Crippen LogP contribution is 2.45. The van der Waals surface area contributed by atoms with Crippen molar-refractivity contribution in [1.82, 2.24) is 19.4 Å². The number of nitrogens with one attached hydrogen (secondary N) is 1. The molecule has 0 unspecified atom stereocenters. The molecule has 38 heavy (non-hydrogen) atoms. The highest BCUT2D eigenvalue weighted by molar-refractivity contribution is 7.89. The molecule has 3 aromatic rings. The second-order valence-electron chi connectivity index (χ2n) is 11.1. The number of nitrogens with zero attached hydrogens (tertiary/aromatic N) is 3. The lowest BCUT2D eigenvalue weighted by molar-refractivity contribution is -0.130. The summed E-state index contributed by atoms with van der Waals surface area (Å²) in [6.07, 6.45) is 4.43. The monoisotopic (exact) mass is 536 g/mol. The maximum absolute atomic E-state index is 13.7. The van der Waals surface area contributed by atoms with Crippen molar-refractivity contribution >= 4 is 22.0 Å². The largest absolute Gasteiger partial charge is 0.356 e. The number of fused-ring (bicyclic) bond motifs is 2. The minimum atomic E-state index is -3.81. The van der Waals surface area contributed by atoms with Crippen LogP contribution in [-0.2, 0) is 26.7 Å². The van der Waals surface area contributed by atoms with E-state index in [0.29, 0.717) is 25.1 Å². The van der Waals surface area contributed by atoms with E-state index in [2.05, 4.69) is 31.2 Å². The van der Waals surface area contributed by atoms with Gasteiger partial charge in [0.05, 0.1) is 27.9 Å². The van der Waals surface area contributed by atoms with Gasteiger partial charge in [-0.15, -0.1) is 0 Å². The Morgan fingerprint density at radius 3 is 2.42 bits per heavy atom. The Hall–Kier alpha value is -3.30. The van der Waals surface area contributed by atoms with Gasteiger partial charge in [0, 0.05) is 19.6 Å². The molecule has 1 aliphatic heterocycles. The van der Waals surface area contributed by atoms with E-state index in [4.69, 9.17) is 0 Å². The molecule has 200 valence electrons. The molecule has 1 saturated heterocycles. The van der Waals surface area contributed by atoms with Gasteiger partial charge in [0.1, 0.15) is 5.82 Å². The molecule has 1 atom stereocenters. The van der Waals surface area contributed by atoms with E-state index < -0.39 is 15.4 Å². The molecule has 1 N–H and O–H groups in total. The van der Waals surface area contributed by atoms with Crippen LogP contribution in [0.1, 0.15) is 50.9 Å². The van der Waals surface area contributed by atoms with E-state index >= 15 is 0 Å². The minimum absolute atomic E-state index is 0.0508. The Labute approximate surface area is 223 Å². The van der Waals surface area contributed by atoms with Gasteiger partial charge in [-0.2, -0.15) is 9.40 Å². The van der Waals surface area contributed by atoms with Crippen molar-refractivity contribution in [2.24, 2.45) is 5.41 Å². The van der Waals surface area contributed by atoms with Crippen molar-refractivity contribution < 1.29 is 17.6 Å². The number of benzene rings is 2. The number of sulfonamides is 1. The average molecular weight is 537 g/mol. The second-order valence-corrected chi connectivity index (χ2v) is 13.0. The van der Waals surface area contributed by atoms with Gasteiger partial charge < -0.3 is 5.32 Å². The maximum Gasteiger partial charge on any atom is 0.243 e. The Kier molecular flexibility index (Phi) is 6.55. The number of carbonyl (C=O) groups excluding carboxylic acids is 1. The topological polar surface area (TPSA) is 84.3 Å². The predicted octanol–water partition coefficient (Wildman–Crippen LogP) is 4.47. The normalized spacial score (nSPS) is 19.9. The number of amides is 1. The van der Waals surface area contributed by atoms with Gasteiger partial charge in [-0.05, 0) is 84.4 Å². The Balaban J connectivity index is 1.51. The molecule has 1 amide bonds. The summed E-state index contributed by atoms with van der Waals surface area (Å²) in [4.78, 5) is 13.8. The summed E-state index contributed by atoms with van der Waals surface area (Å²) < 4.78 is 44.1. The molecule has 1 aliphatic carbocycles. The number of rotatable bonds is 5. The number of halogens is 1. The highest BCUT2D eigenvalue weighted by Gasteiger charge is 2.50. The van der Waals surface area contributed by atoms with E-state index in [9.17, 15) is 17.6 Å². The number of hydrogen-bond acceptors (Lipinski definition) is 4. The first-order valence-electron chi connectivity index (χ1n) is 12.9. The van der Waals surface area contributed by atoms with Gasteiger partial charge in [-0.25, -0.2) is 17.5 Å². The van der Waals surface area contributed by atoms with Crippen molar-refractivity contribution in [2.75, 3.05) is 19.6 Å². The third-order valence-corrected chi connectivity index (χ3v) is 9.44. The van der Waals surface area contributed by atoms with Crippen LogP contribution in [0.25, 0.3) is 11.8 Å². The van der Waals surface area contributed by atoms with Crippen LogP contribution in [0, 0.1) is 11.2 Å². The van der Waals surface area contributed by atoms with Crippen molar-refractivity contribution in [1.29, 1.82) is 0 Å². The van der Waals surface area contributed by atoms with Gasteiger partial charge in [0.15, 0.2) is 0 Å². The smallest absolute Gasteiger partial charge is 0.243 e. The summed E-state index contributed by atoms with van der Waals surface area (Å²) >= 11 is 0. The van der Waals surface area contributed by atoms with Crippen LogP contribution in [0.15, 0.2) is 65.2 Å². The van der Waals surface area contributed by atoms with Gasteiger partial charge in [0.25, 0.3) is 0 Å². The van der Waals surface area contributed by atoms with E-state index in [1.54, 1.807) is 35.1 Å². The van der Waals surface area contributed by atoms with Crippen LogP contribution in [-0.4, -0.2) is 48.0 Å². The molecule has 1 aromatic heterocycles. The third-order valence-electron chi connectivity index (χ3n) is 7.58. The van der Waals surface area contributed by atoms with Crippen LogP contribution in [0.2, 0.25) is 0 Å². The standard InChI is InChI=1S/C29H33FN4O3S/c1-5-31-27(35)29-17-20-18-32-34(24-10-8-23(30)9-11-24)26(20)16-22(29)14-15-33(19-29)38(36,37)25-12-6-21(7-13-25)28(2,3)4/h6-13,16,18H,5,14-15,17,19H2,1-4H3,(H,31,35)/t29-/m0/s1. The summed E-state index contributed by atoms with van der Waals surface area (Å²) in [5, 5.41) is 7.47. The van der Waals surface area contributed by atoms with Crippen molar-refractivity contribution in [3.63, 3.8) is 0 Å². The van der Waals surface area contributed by atoms with Crippen LogP contribution < -0.4 is 5.32 Å². The maximum atomic E-state index is 13.7. The van der Waals surface area contributed by atoms with Gasteiger partial charge >= 0.3 is 0 Å². The SMILES string of the molecule is CCNC(=O)[C@]12Cc3cnn(-c4ccc(F)cc4)c3C=C1CCN(S(=O)(=O)c1ccc(C(C)(C)C)cc1)C2. The summed E-state index contributed by atoms with van der Waals surface area (Å²) in [5.74, 6) is -0.514. The summed E-state index contributed by atoms with van der Waals surface area (Å²) in [5.41, 5.74) is 3.21. The molecule has 1 fully saturated rings. The number of hydrogen-bond donors (Lipinski definition) is 1. The molecule has 2 aliphatic rings. The quantitative estimate of drug-likeness (QED) is 0.522. The van der Waals surface area contributed by atoms with E-state index in [-0.39, 0.29) is 35.1 Å². The molecular weight excluding hydrogens is 503 g/mol. The Morgan fingerprint density at radius 2 is 1.79 bits per heavy atom. The zero-order chi connectivity index (χ0) is 27.3. The molecule has 0 bridgehead atoms. The fourth-order valence-corrected chi connectivity index (χ4v) is 6.91. The lowest BCUT2D eigenvalue weighted by Crippen LogP contribution is -2.56. The highest BCUT2D eigenvalue weighted by atomic mass is 32.2. The summed E-state index contributed by atoms with van der Waals surface area (Å²) in [6.45, 7) is 8.87. The summed E-state index contributed by atoms with van der Waals surface area (Å²) in [6, 6.07) is 13.1. The average Bonchev–Trinajstić information content (AvgIpc) is 3.29. The summed E-state index contributed by atoms with van der Waals surface area (Å²) in [7, 11) is -3.81. The molecule has 9 heteroatoms. The lowest BCUT2D eigenvalue weighted by atomic mass is 9.68. The zero-order valence-electron chi connectivity index (χ0n) is 22.2. The molecule has 2 heterocycles. The van der Waals surface area contributed by atoms with Crippen LogP contribution in [0.3, 0.4) is 0 Å². The van der Waals surface area contributed by atoms with Crippen LogP contribution >= 0.6 is 0 Å². The number of aromatic nitrogens is 2. The molecule has 0 radical (unpaired) electrons. The first kappa shape index (κ1) is 26.3. The van der Waals surface area contributed by atoms with Crippen LogP contribution in [0.4, 0.5) is 4.39 Å². The van der Waals surface area contributed by atoms with Gasteiger partial charge in [-0.1, -0.05) is 32.9 Å². The molecule has 0 saturated carbocycles. The first-order valence-corrected chi connectivity index (χ1v) is 14.3. The first-order chi connectivity index (χ1) is 18.0.